The Bertz CT molecular complexity index is 1160. The van der Waals surface area contributed by atoms with Crippen LogP contribution in [0.5, 0.6) is 0 Å². The first kappa shape index (κ1) is 22.6. The highest BCUT2D eigenvalue weighted by molar-refractivity contribution is 6.01. The van der Waals surface area contributed by atoms with Gasteiger partial charge < -0.3 is 20.6 Å². The highest BCUT2D eigenvalue weighted by atomic mass is 16.4. The number of carboxylic acid groups (broad SMARTS) is 1. The Morgan fingerprint density at radius 2 is 1.70 bits per heavy atom. The maximum Gasteiger partial charge on any atom is 0.323 e. The normalized spacial score (nSPS) is 18.3. The zero-order chi connectivity index (χ0) is 23.6. The lowest BCUT2D eigenvalue weighted by Crippen LogP contribution is -2.58. The summed E-state index contributed by atoms with van der Waals surface area (Å²) in [6, 6.07) is 21.0. The van der Waals surface area contributed by atoms with Crippen LogP contribution < -0.4 is 15.5 Å². The van der Waals surface area contributed by atoms with Crippen LogP contribution in [0.2, 0.25) is 0 Å². The molecule has 0 aromatic heterocycles. The van der Waals surface area contributed by atoms with Crippen molar-refractivity contribution in [1.29, 1.82) is 0 Å². The van der Waals surface area contributed by atoms with Crippen molar-refractivity contribution in [3.8, 4) is 0 Å². The average molecular weight is 446 g/mol. The number of nitrogens with one attached hydrogen (secondary N) is 2. The molecule has 2 atom stereocenters. The molecule has 3 N–H and O–H groups in total. The summed E-state index contributed by atoms with van der Waals surface area (Å²) < 4.78 is 0. The molecule has 0 aliphatic carbocycles. The van der Waals surface area contributed by atoms with Crippen molar-refractivity contribution < 1.29 is 14.7 Å². The molecule has 0 spiro atoms. The number of hydrogen-bond donors (Lipinski definition) is 3. The van der Waals surface area contributed by atoms with Gasteiger partial charge in [0.05, 0.1) is 17.8 Å². The summed E-state index contributed by atoms with van der Waals surface area (Å²) in [5.41, 5.74) is 2.51. The maximum absolute atomic E-state index is 13.2. The van der Waals surface area contributed by atoms with Crippen molar-refractivity contribution >= 4 is 34.1 Å². The number of amides is 2. The van der Waals surface area contributed by atoms with E-state index < -0.39 is 5.97 Å². The van der Waals surface area contributed by atoms with Gasteiger partial charge in [0, 0.05) is 11.1 Å². The van der Waals surface area contributed by atoms with Crippen LogP contribution in [-0.2, 0) is 11.2 Å². The Balaban J connectivity index is 1.64. The minimum atomic E-state index is -0.889. The molecule has 1 aliphatic heterocycles. The summed E-state index contributed by atoms with van der Waals surface area (Å²) in [6.45, 7) is 6.16. The summed E-state index contributed by atoms with van der Waals surface area (Å²) in [5.74, 6) is -0.889. The van der Waals surface area contributed by atoms with E-state index in [2.05, 4.69) is 31.4 Å². The van der Waals surface area contributed by atoms with Gasteiger partial charge >= 0.3 is 12.0 Å². The third-order valence-electron chi connectivity index (χ3n) is 6.29. The van der Waals surface area contributed by atoms with E-state index in [0.717, 1.165) is 40.6 Å². The largest absolute Gasteiger partial charge is 0.480 e. The number of urea groups is 1. The molecule has 1 aliphatic rings. The SMILES string of the molecule is CC(C)(C)C1C(NC(=O)Nc2cccc3ccccc23)CCc2ccccc2N1CC(=O)O. The Kier molecular flexibility index (Phi) is 6.27. The molecule has 4 rings (SSSR count). The second kappa shape index (κ2) is 9.14. The molecule has 1 heterocycles. The molecule has 0 radical (unpaired) electrons. The number of aliphatic carboxylic acids is 1. The number of nitrogens with zero attached hydrogens (tertiary/aromatic N) is 1. The number of benzene rings is 3. The summed E-state index contributed by atoms with van der Waals surface area (Å²) in [7, 11) is 0. The van der Waals surface area contributed by atoms with E-state index in [-0.39, 0.29) is 30.1 Å². The second-order valence-corrected chi connectivity index (χ2v) is 9.73. The van der Waals surface area contributed by atoms with Crippen LogP contribution in [0.3, 0.4) is 0 Å². The molecule has 3 aromatic rings. The highest BCUT2D eigenvalue weighted by Crippen LogP contribution is 2.37. The Morgan fingerprint density at radius 3 is 2.45 bits per heavy atom. The fourth-order valence-electron chi connectivity index (χ4n) is 5.05. The van der Waals surface area contributed by atoms with Gasteiger partial charge in [-0.3, -0.25) is 4.79 Å². The van der Waals surface area contributed by atoms with Crippen LogP contribution in [0.4, 0.5) is 16.2 Å². The molecule has 0 saturated carbocycles. The van der Waals surface area contributed by atoms with Gasteiger partial charge in [-0.05, 0) is 41.3 Å². The van der Waals surface area contributed by atoms with Crippen LogP contribution in [-0.4, -0.2) is 35.7 Å². The fourth-order valence-corrected chi connectivity index (χ4v) is 5.05. The van der Waals surface area contributed by atoms with Crippen LogP contribution in [0.15, 0.2) is 66.7 Å². The van der Waals surface area contributed by atoms with Gasteiger partial charge in [-0.25, -0.2) is 4.79 Å². The molecule has 33 heavy (non-hydrogen) atoms. The smallest absolute Gasteiger partial charge is 0.323 e. The van der Waals surface area contributed by atoms with E-state index >= 15 is 0 Å². The third-order valence-corrected chi connectivity index (χ3v) is 6.29. The first-order chi connectivity index (χ1) is 15.7. The molecule has 2 amide bonds. The molecule has 2 unspecified atom stereocenters. The molecule has 3 aromatic carbocycles. The number of carboxylic acids is 1. The Labute approximate surface area is 194 Å². The first-order valence-electron chi connectivity index (χ1n) is 11.4. The van der Waals surface area contributed by atoms with Crippen LogP contribution in [0.1, 0.15) is 32.8 Å². The molecule has 0 fully saturated rings. The van der Waals surface area contributed by atoms with Crippen molar-refractivity contribution in [2.75, 3.05) is 16.8 Å². The molecule has 0 bridgehead atoms. The topological polar surface area (TPSA) is 81.7 Å². The second-order valence-electron chi connectivity index (χ2n) is 9.73. The van der Waals surface area contributed by atoms with Crippen LogP contribution in [0, 0.1) is 5.41 Å². The monoisotopic (exact) mass is 445 g/mol. The molecule has 6 nitrogen and oxygen atoms in total. The highest BCUT2D eigenvalue weighted by Gasteiger charge is 2.41. The lowest BCUT2D eigenvalue weighted by Gasteiger charge is -2.44. The third kappa shape index (κ3) is 4.95. The minimum Gasteiger partial charge on any atom is -0.480 e. The number of aryl methyl sites for hydroxylation is 1. The lowest BCUT2D eigenvalue weighted by atomic mass is 9.80. The molecular weight excluding hydrogens is 414 g/mol. The standard InChI is InChI=1S/C27H31N3O3/c1-27(2,3)25-22(16-15-19-10-5-7-14-23(19)30(25)17-24(31)32)29-26(33)28-21-13-8-11-18-9-4-6-12-20(18)21/h4-14,22,25H,15-17H2,1-3H3,(H,31,32)(H2,28,29,33). The number of anilines is 2. The van der Waals surface area contributed by atoms with Crippen LogP contribution in [0.25, 0.3) is 10.8 Å². The Morgan fingerprint density at radius 1 is 1.00 bits per heavy atom. The number of hydrogen-bond acceptors (Lipinski definition) is 3. The summed E-state index contributed by atoms with van der Waals surface area (Å²) >= 11 is 0. The van der Waals surface area contributed by atoms with Crippen molar-refractivity contribution in [3.63, 3.8) is 0 Å². The van der Waals surface area contributed by atoms with Gasteiger partial charge in [0.25, 0.3) is 0 Å². The predicted octanol–water partition coefficient (Wildman–Crippen LogP) is 5.28. The lowest BCUT2D eigenvalue weighted by molar-refractivity contribution is -0.135. The van der Waals surface area contributed by atoms with Crippen LogP contribution >= 0.6 is 0 Å². The molecule has 6 heteroatoms. The van der Waals surface area contributed by atoms with Crippen molar-refractivity contribution in [1.82, 2.24) is 5.32 Å². The zero-order valence-electron chi connectivity index (χ0n) is 19.3. The van der Waals surface area contributed by atoms with Crippen molar-refractivity contribution in [2.24, 2.45) is 5.41 Å². The zero-order valence-corrected chi connectivity index (χ0v) is 19.3. The summed E-state index contributed by atoms with van der Waals surface area (Å²) in [6.07, 6.45) is 1.48. The fraction of sp³-hybridized carbons (Fsp3) is 0.333. The summed E-state index contributed by atoms with van der Waals surface area (Å²) in [5, 5.41) is 17.9. The van der Waals surface area contributed by atoms with E-state index in [1.165, 1.54) is 0 Å². The predicted molar refractivity (Wildman–Crippen MR) is 133 cm³/mol. The maximum atomic E-state index is 13.2. The average Bonchev–Trinajstić information content (AvgIpc) is 2.91. The van der Waals surface area contributed by atoms with E-state index in [1.807, 2.05) is 71.6 Å². The quantitative estimate of drug-likeness (QED) is 0.510. The number of para-hydroxylation sites is 1. The molecule has 0 saturated heterocycles. The van der Waals surface area contributed by atoms with Gasteiger partial charge in [0.1, 0.15) is 6.54 Å². The van der Waals surface area contributed by atoms with Gasteiger partial charge in [0.15, 0.2) is 0 Å². The van der Waals surface area contributed by atoms with E-state index in [1.54, 1.807) is 0 Å². The molecular formula is C27H31N3O3. The minimum absolute atomic E-state index is 0.123. The van der Waals surface area contributed by atoms with E-state index in [0.29, 0.717) is 0 Å². The number of carbonyl (C=O) groups is 2. The number of fused-ring (bicyclic) bond motifs is 2. The van der Waals surface area contributed by atoms with Gasteiger partial charge in [-0.15, -0.1) is 0 Å². The van der Waals surface area contributed by atoms with E-state index in [9.17, 15) is 14.7 Å². The number of rotatable bonds is 4. The van der Waals surface area contributed by atoms with Gasteiger partial charge in [-0.1, -0.05) is 75.4 Å². The Hall–Kier alpha value is -3.54. The van der Waals surface area contributed by atoms with Gasteiger partial charge in [0.2, 0.25) is 0 Å². The first-order valence-corrected chi connectivity index (χ1v) is 11.4. The van der Waals surface area contributed by atoms with Crippen molar-refractivity contribution in [2.45, 2.75) is 45.7 Å². The van der Waals surface area contributed by atoms with Gasteiger partial charge in [-0.2, -0.15) is 0 Å². The van der Waals surface area contributed by atoms with E-state index in [4.69, 9.17) is 0 Å². The summed E-state index contributed by atoms with van der Waals surface area (Å²) in [4.78, 5) is 26.9. The molecule has 172 valence electrons. The van der Waals surface area contributed by atoms with Crippen molar-refractivity contribution in [3.05, 3.63) is 72.3 Å². The number of carbonyl (C=O) groups excluding carboxylic acids is 1.